The highest BCUT2D eigenvalue weighted by Gasteiger charge is 2.02. The lowest BCUT2D eigenvalue weighted by atomic mass is 10.2. The van der Waals surface area contributed by atoms with Crippen LogP contribution in [0.4, 0.5) is 0 Å². The van der Waals surface area contributed by atoms with Gasteiger partial charge >= 0.3 is 0 Å². The molecule has 0 heterocycles. The minimum atomic E-state index is 0.264. The van der Waals surface area contributed by atoms with Crippen molar-refractivity contribution >= 4 is 0 Å². The molecule has 0 radical (unpaired) electrons. The molecule has 0 aromatic heterocycles. The molecule has 0 fully saturated rings. The molecular formula is C14H32N2O2. The molecule has 0 rings (SSSR count). The number of unbranched alkanes of at least 4 members (excludes halogenated alkanes) is 3. The zero-order valence-corrected chi connectivity index (χ0v) is 12.3. The molecule has 0 aliphatic heterocycles. The van der Waals surface area contributed by atoms with E-state index in [2.05, 4.69) is 23.6 Å². The van der Waals surface area contributed by atoms with Crippen LogP contribution in [0, 0.1) is 0 Å². The third-order valence-corrected chi connectivity index (χ3v) is 3.43. The summed E-state index contributed by atoms with van der Waals surface area (Å²) >= 11 is 0. The maximum Gasteiger partial charge on any atom is 0.0558 e. The number of rotatable bonds is 13. The van der Waals surface area contributed by atoms with Crippen LogP contribution >= 0.6 is 0 Å². The molecule has 0 saturated heterocycles. The summed E-state index contributed by atoms with van der Waals surface area (Å²) in [5, 5.41) is 17.8. The van der Waals surface area contributed by atoms with Crippen LogP contribution in [-0.2, 0) is 0 Å². The van der Waals surface area contributed by atoms with Crippen molar-refractivity contribution in [2.75, 3.05) is 52.5 Å². The zero-order chi connectivity index (χ0) is 13.6. The zero-order valence-electron chi connectivity index (χ0n) is 12.3. The van der Waals surface area contributed by atoms with E-state index in [-0.39, 0.29) is 13.2 Å². The predicted octanol–water partition coefficient (Wildman–Crippen LogP) is 1.18. The summed E-state index contributed by atoms with van der Waals surface area (Å²) in [5.74, 6) is 0. The Bertz CT molecular complexity index is 150. The normalized spacial score (nSPS) is 11.7. The Kier molecular flexibility index (Phi) is 13.2. The molecule has 4 heteroatoms. The van der Waals surface area contributed by atoms with E-state index >= 15 is 0 Å². The van der Waals surface area contributed by atoms with E-state index in [1.807, 2.05) is 0 Å². The average molecular weight is 260 g/mol. The number of hydrogen-bond donors (Lipinski definition) is 2. The topological polar surface area (TPSA) is 46.9 Å². The third kappa shape index (κ3) is 9.83. The molecule has 0 aromatic carbocycles. The van der Waals surface area contributed by atoms with Gasteiger partial charge in [-0.1, -0.05) is 26.7 Å². The van der Waals surface area contributed by atoms with Gasteiger partial charge in [0.05, 0.1) is 13.2 Å². The highest BCUT2D eigenvalue weighted by Crippen LogP contribution is 2.03. The molecule has 0 aliphatic carbocycles. The van der Waals surface area contributed by atoms with Crippen molar-refractivity contribution in [1.29, 1.82) is 0 Å². The predicted molar refractivity (Wildman–Crippen MR) is 76.9 cm³/mol. The summed E-state index contributed by atoms with van der Waals surface area (Å²) in [7, 11) is 0. The van der Waals surface area contributed by atoms with Crippen molar-refractivity contribution in [2.24, 2.45) is 0 Å². The van der Waals surface area contributed by atoms with Gasteiger partial charge in [-0.2, -0.15) is 0 Å². The second kappa shape index (κ2) is 13.3. The van der Waals surface area contributed by atoms with E-state index in [9.17, 15) is 0 Å². The lowest BCUT2D eigenvalue weighted by Crippen LogP contribution is -2.28. The van der Waals surface area contributed by atoms with Crippen LogP contribution in [0.1, 0.15) is 39.5 Å². The fourth-order valence-corrected chi connectivity index (χ4v) is 2.16. The van der Waals surface area contributed by atoms with Crippen LogP contribution in [0.2, 0.25) is 0 Å². The van der Waals surface area contributed by atoms with Crippen molar-refractivity contribution in [2.45, 2.75) is 39.5 Å². The third-order valence-electron chi connectivity index (χ3n) is 3.43. The van der Waals surface area contributed by atoms with Crippen molar-refractivity contribution < 1.29 is 10.2 Å². The summed E-state index contributed by atoms with van der Waals surface area (Å²) < 4.78 is 0. The highest BCUT2D eigenvalue weighted by atomic mass is 16.3. The lowest BCUT2D eigenvalue weighted by Gasteiger charge is -2.20. The fraction of sp³-hybridized carbons (Fsp3) is 1.00. The second-order valence-electron chi connectivity index (χ2n) is 4.73. The SMILES string of the molecule is CCN(CCO)CCCCCCN(CC)CCO. The van der Waals surface area contributed by atoms with Crippen LogP contribution in [-0.4, -0.2) is 72.5 Å². The van der Waals surface area contributed by atoms with Gasteiger partial charge in [-0.25, -0.2) is 0 Å². The quantitative estimate of drug-likeness (QED) is 0.488. The molecular weight excluding hydrogens is 228 g/mol. The number of likely N-dealkylation sites (N-methyl/N-ethyl adjacent to an activating group) is 2. The molecule has 0 aliphatic rings. The molecule has 18 heavy (non-hydrogen) atoms. The molecule has 0 saturated carbocycles. The summed E-state index contributed by atoms with van der Waals surface area (Å²) in [6, 6.07) is 0. The Morgan fingerprint density at radius 1 is 0.611 bits per heavy atom. The monoisotopic (exact) mass is 260 g/mol. The number of nitrogens with zero attached hydrogens (tertiary/aromatic N) is 2. The average Bonchev–Trinajstić information content (AvgIpc) is 2.39. The van der Waals surface area contributed by atoms with E-state index in [4.69, 9.17) is 10.2 Å². The Hall–Kier alpha value is -0.160. The van der Waals surface area contributed by atoms with Crippen LogP contribution in [0.3, 0.4) is 0 Å². The van der Waals surface area contributed by atoms with Gasteiger partial charge in [0.15, 0.2) is 0 Å². The molecule has 0 aromatic rings. The largest absolute Gasteiger partial charge is 0.395 e. The Morgan fingerprint density at radius 2 is 1.00 bits per heavy atom. The number of hydrogen-bond acceptors (Lipinski definition) is 4. The van der Waals surface area contributed by atoms with Crippen LogP contribution in [0.5, 0.6) is 0 Å². The Labute approximate surface area is 113 Å². The smallest absolute Gasteiger partial charge is 0.0558 e. The van der Waals surface area contributed by atoms with E-state index in [1.165, 1.54) is 25.7 Å². The number of aliphatic hydroxyl groups is 2. The van der Waals surface area contributed by atoms with Gasteiger partial charge in [0, 0.05) is 13.1 Å². The van der Waals surface area contributed by atoms with E-state index in [0.29, 0.717) is 0 Å². The van der Waals surface area contributed by atoms with Gasteiger partial charge in [0.1, 0.15) is 0 Å². The Morgan fingerprint density at radius 3 is 1.28 bits per heavy atom. The maximum absolute atomic E-state index is 8.88. The van der Waals surface area contributed by atoms with Crippen LogP contribution in [0.25, 0.3) is 0 Å². The van der Waals surface area contributed by atoms with Gasteiger partial charge < -0.3 is 20.0 Å². The standard InChI is InChI=1S/C14H32N2O2/c1-3-15(11-13-17)9-7-5-6-8-10-16(4-2)12-14-18/h17-18H,3-14H2,1-2H3. The fourth-order valence-electron chi connectivity index (χ4n) is 2.16. The van der Waals surface area contributed by atoms with Gasteiger partial charge in [0.2, 0.25) is 0 Å². The van der Waals surface area contributed by atoms with Gasteiger partial charge in [0.25, 0.3) is 0 Å². The first-order chi connectivity index (χ1) is 8.78. The molecule has 2 N–H and O–H groups in total. The highest BCUT2D eigenvalue weighted by molar-refractivity contribution is 4.57. The van der Waals surface area contributed by atoms with Gasteiger partial charge in [-0.15, -0.1) is 0 Å². The first-order valence-corrected chi connectivity index (χ1v) is 7.44. The lowest BCUT2D eigenvalue weighted by molar-refractivity contribution is 0.194. The molecule has 110 valence electrons. The minimum Gasteiger partial charge on any atom is -0.395 e. The maximum atomic E-state index is 8.88. The van der Waals surface area contributed by atoms with Crippen molar-refractivity contribution in [3.05, 3.63) is 0 Å². The summed E-state index contributed by atoms with van der Waals surface area (Å²) in [6.07, 6.45) is 4.97. The molecule has 0 amide bonds. The molecule has 0 bridgehead atoms. The minimum absolute atomic E-state index is 0.264. The summed E-state index contributed by atoms with van der Waals surface area (Å²) in [4.78, 5) is 4.59. The van der Waals surface area contributed by atoms with E-state index in [1.54, 1.807) is 0 Å². The van der Waals surface area contributed by atoms with E-state index in [0.717, 1.165) is 39.3 Å². The first-order valence-electron chi connectivity index (χ1n) is 7.44. The van der Waals surface area contributed by atoms with Crippen molar-refractivity contribution in [1.82, 2.24) is 9.80 Å². The summed E-state index contributed by atoms with van der Waals surface area (Å²) in [5.41, 5.74) is 0. The Balaban J connectivity index is 3.38. The van der Waals surface area contributed by atoms with Crippen LogP contribution < -0.4 is 0 Å². The molecule has 4 nitrogen and oxygen atoms in total. The van der Waals surface area contributed by atoms with Gasteiger partial charge in [-0.05, 0) is 39.0 Å². The molecule has 0 spiro atoms. The van der Waals surface area contributed by atoms with Crippen molar-refractivity contribution in [3.8, 4) is 0 Å². The molecule has 0 atom stereocenters. The second-order valence-corrected chi connectivity index (χ2v) is 4.73. The van der Waals surface area contributed by atoms with Crippen LogP contribution in [0.15, 0.2) is 0 Å². The summed E-state index contributed by atoms with van der Waals surface area (Å²) in [6.45, 7) is 10.7. The van der Waals surface area contributed by atoms with E-state index < -0.39 is 0 Å². The van der Waals surface area contributed by atoms with Crippen molar-refractivity contribution in [3.63, 3.8) is 0 Å². The first kappa shape index (κ1) is 17.8. The number of aliphatic hydroxyl groups excluding tert-OH is 2. The van der Waals surface area contributed by atoms with Gasteiger partial charge in [-0.3, -0.25) is 0 Å². The molecule has 0 unspecified atom stereocenters.